The number of nitrogens with one attached hydrogen (secondary N) is 2. The number of rotatable bonds is 7. The number of carbonyl (C=O) groups excluding carboxylic acids is 1. The molecule has 0 fully saturated rings. The quantitative estimate of drug-likeness (QED) is 0.643. The van der Waals surface area contributed by atoms with E-state index in [9.17, 15) is 4.79 Å². The standard InChI is InChI=1S/C21H21N3O4/c1-26-17-11-16(12-18(27-2)20(17)28-3)23-15-9-10-19(22-13-15)24-21(25)14-7-5-4-6-8-14/h4-13,23H,1-3H3,(H,22,24,25). The van der Waals surface area contributed by atoms with Gasteiger partial charge in [-0.15, -0.1) is 0 Å². The van der Waals surface area contributed by atoms with Crippen LogP contribution >= 0.6 is 0 Å². The van der Waals surface area contributed by atoms with Crippen molar-refractivity contribution in [1.29, 1.82) is 0 Å². The fraction of sp³-hybridized carbons (Fsp3) is 0.143. The van der Waals surface area contributed by atoms with Gasteiger partial charge in [-0.1, -0.05) is 18.2 Å². The first kappa shape index (κ1) is 19.0. The molecule has 7 heteroatoms. The number of benzene rings is 2. The first-order chi connectivity index (χ1) is 13.6. The van der Waals surface area contributed by atoms with E-state index in [0.29, 0.717) is 28.6 Å². The predicted molar refractivity (Wildman–Crippen MR) is 108 cm³/mol. The summed E-state index contributed by atoms with van der Waals surface area (Å²) in [6, 6.07) is 16.1. The summed E-state index contributed by atoms with van der Waals surface area (Å²) in [6.45, 7) is 0. The lowest BCUT2D eigenvalue weighted by atomic mass is 10.2. The maximum absolute atomic E-state index is 12.2. The second kappa shape index (κ2) is 8.77. The molecule has 0 radical (unpaired) electrons. The molecule has 0 saturated carbocycles. The highest BCUT2D eigenvalue weighted by atomic mass is 16.5. The molecule has 0 aliphatic rings. The average Bonchev–Trinajstić information content (AvgIpc) is 2.75. The van der Waals surface area contributed by atoms with Crippen LogP contribution in [0.25, 0.3) is 0 Å². The van der Waals surface area contributed by atoms with E-state index >= 15 is 0 Å². The van der Waals surface area contributed by atoms with Crippen molar-refractivity contribution in [3.05, 3.63) is 66.4 Å². The molecule has 0 spiro atoms. The van der Waals surface area contributed by atoms with E-state index in [1.807, 2.05) is 24.3 Å². The SMILES string of the molecule is COc1cc(Nc2ccc(NC(=O)c3ccccc3)nc2)cc(OC)c1OC. The summed E-state index contributed by atoms with van der Waals surface area (Å²) in [5.41, 5.74) is 2.06. The van der Waals surface area contributed by atoms with Gasteiger partial charge >= 0.3 is 0 Å². The van der Waals surface area contributed by atoms with Gasteiger partial charge in [0, 0.05) is 23.4 Å². The lowest BCUT2D eigenvalue weighted by Crippen LogP contribution is -2.12. The monoisotopic (exact) mass is 379 g/mol. The van der Waals surface area contributed by atoms with E-state index in [4.69, 9.17) is 14.2 Å². The van der Waals surface area contributed by atoms with Crippen LogP contribution in [0.3, 0.4) is 0 Å². The highest BCUT2D eigenvalue weighted by Gasteiger charge is 2.13. The van der Waals surface area contributed by atoms with Crippen LogP contribution in [0.15, 0.2) is 60.8 Å². The van der Waals surface area contributed by atoms with Crippen molar-refractivity contribution in [3.8, 4) is 17.2 Å². The minimum atomic E-state index is -0.210. The molecule has 1 heterocycles. The van der Waals surface area contributed by atoms with Crippen LogP contribution in [-0.2, 0) is 0 Å². The number of aromatic nitrogens is 1. The molecule has 0 bridgehead atoms. The molecule has 2 aromatic carbocycles. The average molecular weight is 379 g/mol. The Bertz CT molecular complexity index is 919. The van der Waals surface area contributed by atoms with Crippen molar-refractivity contribution in [3.63, 3.8) is 0 Å². The summed E-state index contributed by atoms with van der Waals surface area (Å²) < 4.78 is 16.0. The summed E-state index contributed by atoms with van der Waals surface area (Å²) in [4.78, 5) is 16.5. The Labute approximate surface area is 163 Å². The molecule has 0 aliphatic heterocycles. The summed E-state index contributed by atoms with van der Waals surface area (Å²) in [6.07, 6.45) is 1.63. The van der Waals surface area contributed by atoms with Gasteiger partial charge in [0.25, 0.3) is 5.91 Å². The molecule has 0 saturated heterocycles. The van der Waals surface area contributed by atoms with E-state index < -0.39 is 0 Å². The van der Waals surface area contributed by atoms with Crippen molar-refractivity contribution >= 4 is 23.1 Å². The van der Waals surface area contributed by atoms with Crippen LogP contribution in [0.2, 0.25) is 0 Å². The molecule has 2 N–H and O–H groups in total. The molecule has 7 nitrogen and oxygen atoms in total. The normalized spacial score (nSPS) is 10.1. The van der Waals surface area contributed by atoms with Crippen LogP contribution in [0.4, 0.5) is 17.2 Å². The van der Waals surface area contributed by atoms with Crippen molar-refractivity contribution < 1.29 is 19.0 Å². The molecular weight excluding hydrogens is 358 g/mol. The third kappa shape index (κ3) is 4.32. The molecule has 1 aromatic heterocycles. The summed E-state index contributed by atoms with van der Waals surface area (Å²) >= 11 is 0. The van der Waals surface area contributed by atoms with Crippen LogP contribution < -0.4 is 24.8 Å². The van der Waals surface area contributed by atoms with Crippen molar-refractivity contribution in [2.45, 2.75) is 0 Å². The van der Waals surface area contributed by atoms with E-state index in [1.165, 1.54) is 0 Å². The van der Waals surface area contributed by atoms with Crippen LogP contribution in [-0.4, -0.2) is 32.2 Å². The molecule has 1 amide bonds. The molecule has 28 heavy (non-hydrogen) atoms. The van der Waals surface area contributed by atoms with Gasteiger partial charge in [-0.3, -0.25) is 4.79 Å². The Morgan fingerprint density at radius 1 is 0.857 bits per heavy atom. The van der Waals surface area contributed by atoms with Crippen molar-refractivity contribution in [2.75, 3.05) is 32.0 Å². The van der Waals surface area contributed by atoms with Crippen molar-refractivity contribution in [2.24, 2.45) is 0 Å². The third-order valence-electron chi connectivity index (χ3n) is 3.99. The molecule has 0 aliphatic carbocycles. The number of hydrogen-bond donors (Lipinski definition) is 2. The highest BCUT2D eigenvalue weighted by molar-refractivity contribution is 6.03. The Hall–Kier alpha value is -3.74. The number of methoxy groups -OCH3 is 3. The predicted octanol–water partition coefficient (Wildman–Crippen LogP) is 4.10. The summed E-state index contributed by atoms with van der Waals surface area (Å²) in [5, 5.41) is 5.99. The van der Waals surface area contributed by atoms with Crippen LogP contribution in [0, 0.1) is 0 Å². The maximum atomic E-state index is 12.2. The number of carbonyl (C=O) groups is 1. The van der Waals surface area contributed by atoms with Crippen LogP contribution in [0.5, 0.6) is 17.2 Å². The second-order valence-electron chi connectivity index (χ2n) is 5.79. The van der Waals surface area contributed by atoms with Gasteiger partial charge in [-0.2, -0.15) is 0 Å². The lowest BCUT2D eigenvalue weighted by Gasteiger charge is -2.15. The zero-order valence-corrected chi connectivity index (χ0v) is 15.9. The molecule has 0 atom stereocenters. The van der Waals surface area contributed by atoms with E-state index in [-0.39, 0.29) is 5.91 Å². The second-order valence-corrected chi connectivity index (χ2v) is 5.79. The fourth-order valence-corrected chi connectivity index (χ4v) is 2.64. The molecular formula is C21H21N3O4. The number of ether oxygens (including phenoxy) is 3. The zero-order valence-electron chi connectivity index (χ0n) is 15.9. The Balaban J connectivity index is 1.73. The number of pyridine rings is 1. The number of amides is 1. The zero-order chi connectivity index (χ0) is 19.9. The number of nitrogens with zero attached hydrogens (tertiary/aromatic N) is 1. The molecule has 3 aromatic rings. The lowest BCUT2D eigenvalue weighted by molar-refractivity contribution is 0.102. The van der Waals surface area contributed by atoms with Gasteiger partial charge in [-0.25, -0.2) is 4.98 Å². The largest absolute Gasteiger partial charge is 0.493 e. The first-order valence-corrected chi connectivity index (χ1v) is 8.54. The van der Waals surface area contributed by atoms with Crippen LogP contribution in [0.1, 0.15) is 10.4 Å². The smallest absolute Gasteiger partial charge is 0.256 e. The molecule has 144 valence electrons. The highest BCUT2D eigenvalue weighted by Crippen LogP contribution is 2.40. The summed E-state index contributed by atoms with van der Waals surface area (Å²) in [7, 11) is 4.68. The molecule has 0 unspecified atom stereocenters. The van der Waals surface area contributed by atoms with Gasteiger partial charge < -0.3 is 24.8 Å². The Morgan fingerprint density at radius 2 is 1.54 bits per heavy atom. The minimum Gasteiger partial charge on any atom is -0.493 e. The Kier molecular flexibility index (Phi) is 5.96. The number of hydrogen-bond acceptors (Lipinski definition) is 6. The maximum Gasteiger partial charge on any atom is 0.256 e. The van der Waals surface area contributed by atoms with Gasteiger partial charge in [-0.05, 0) is 24.3 Å². The third-order valence-corrected chi connectivity index (χ3v) is 3.99. The topological polar surface area (TPSA) is 81.7 Å². The molecule has 3 rings (SSSR count). The van der Waals surface area contributed by atoms with E-state index in [1.54, 1.807) is 57.9 Å². The van der Waals surface area contributed by atoms with Gasteiger partial charge in [0.15, 0.2) is 11.5 Å². The van der Waals surface area contributed by atoms with Gasteiger partial charge in [0.1, 0.15) is 5.82 Å². The summed E-state index contributed by atoms with van der Waals surface area (Å²) in [5.74, 6) is 1.86. The Morgan fingerprint density at radius 3 is 2.07 bits per heavy atom. The first-order valence-electron chi connectivity index (χ1n) is 8.54. The fourth-order valence-electron chi connectivity index (χ4n) is 2.64. The van der Waals surface area contributed by atoms with Gasteiger partial charge in [0.05, 0.1) is 33.2 Å². The van der Waals surface area contributed by atoms with E-state index in [2.05, 4.69) is 15.6 Å². The van der Waals surface area contributed by atoms with Crippen molar-refractivity contribution in [1.82, 2.24) is 4.98 Å². The van der Waals surface area contributed by atoms with E-state index in [0.717, 1.165) is 11.4 Å². The number of anilines is 3. The van der Waals surface area contributed by atoms with Gasteiger partial charge in [0.2, 0.25) is 5.75 Å². The minimum absolute atomic E-state index is 0.210.